The summed E-state index contributed by atoms with van der Waals surface area (Å²) in [5, 5.41) is 4.02. The van der Waals surface area contributed by atoms with E-state index in [0.717, 1.165) is 18.9 Å². The highest BCUT2D eigenvalue weighted by molar-refractivity contribution is 5.93. The van der Waals surface area contributed by atoms with Gasteiger partial charge in [0.2, 0.25) is 5.95 Å². The molecule has 13 heteroatoms. The molecule has 0 radical (unpaired) electrons. The molecule has 2 aliphatic heterocycles. The number of nitrogens with zero attached hydrogens (tertiary/aromatic N) is 7. The minimum absolute atomic E-state index is 0.0165. The second-order valence-corrected chi connectivity index (χ2v) is 10.5. The SMILES string of the molecule is CC(C)c1noc(N2CCC(N(C)C(=O)c3cnc(N4CC(N)C(c5cc(F)c(F)cc5F)C4)nc3)CC2)n1. The maximum atomic E-state index is 14.3. The van der Waals surface area contributed by atoms with Crippen molar-refractivity contribution >= 4 is 17.9 Å². The zero-order valence-corrected chi connectivity index (χ0v) is 22.0. The van der Waals surface area contributed by atoms with Crippen molar-refractivity contribution in [2.75, 3.05) is 43.0 Å². The summed E-state index contributed by atoms with van der Waals surface area (Å²) in [6, 6.07) is 1.39. The Morgan fingerprint density at radius 2 is 1.72 bits per heavy atom. The maximum absolute atomic E-state index is 14.3. The number of hydrogen-bond acceptors (Lipinski definition) is 9. The Morgan fingerprint density at radius 3 is 2.36 bits per heavy atom. The fourth-order valence-corrected chi connectivity index (χ4v) is 5.14. The number of anilines is 2. The molecule has 2 fully saturated rings. The highest BCUT2D eigenvalue weighted by atomic mass is 19.2. The van der Waals surface area contributed by atoms with Crippen molar-refractivity contribution in [3.8, 4) is 0 Å². The van der Waals surface area contributed by atoms with Crippen LogP contribution in [0.25, 0.3) is 0 Å². The first-order valence-corrected chi connectivity index (χ1v) is 12.9. The Balaban J connectivity index is 1.19. The van der Waals surface area contributed by atoms with Crippen molar-refractivity contribution in [2.24, 2.45) is 5.73 Å². The average Bonchev–Trinajstić information content (AvgIpc) is 3.58. The molecule has 2 unspecified atom stereocenters. The lowest BCUT2D eigenvalue weighted by atomic mass is 9.94. The average molecular weight is 545 g/mol. The molecular weight excluding hydrogens is 513 g/mol. The second kappa shape index (κ2) is 10.8. The fraction of sp³-hybridized carbons (Fsp3) is 0.500. The largest absolute Gasteiger partial charge is 0.339 e. The number of carbonyl (C=O) groups excluding carboxylic acids is 1. The summed E-state index contributed by atoms with van der Waals surface area (Å²) in [4.78, 5) is 31.8. The lowest BCUT2D eigenvalue weighted by Gasteiger charge is -2.35. The van der Waals surface area contributed by atoms with E-state index in [2.05, 4.69) is 20.1 Å². The number of benzene rings is 1. The van der Waals surface area contributed by atoms with Crippen molar-refractivity contribution in [1.29, 1.82) is 0 Å². The standard InChI is InChI=1S/C26H31F3N8O2/c1-14(2)23-33-26(39-34-23)36-6-4-16(5-7-36)35(3)24(38)15-10-31-25(32-11-15)37-12-18(22(30)13-37)17-8-20(28)21(29)9-19(17)27/h8-11,14,16,18,22H,4-7,12-13,30H2,1-3H3. The van der Waals surface area contributed by atoms with Crippen LogP contribution in [0.2, 0.25) is 0 Å². The molecule has 0 saturated carbocycles. The third-order valence-corrected chi connectivity index (χ3v) is 7.52. The molecule has 10 nitrogen and oxygen atoms in total. The van der Waals surface area contributed by atoms with Crippen LogP contribution in [0.1, 0.15) is 60.3 Å². The van der Waals surface area contributed by atoms with E-state index in [1.807, 2.05) is 18.7 Å². The number of rotatable bonds is 6. The third-order valence-electron chi connectivity index (χ3n) is 7.52. The van der Waals surface area contributed by atoms with Crippen LogP contribution in [0.3, 0.4) is 0 Å². The predicted octanol–water partition coefficient (Wildman–Crippen LogP) is 3.07. The predicted molar refractivity (Wildman–Crippen MR) is 137 cm³/mol. The van der Waals surface area contributed by atoms with Gasteiger partial charge in [0.1, 0.15) is 5.82 Å². The number of nitrogens with two attached hydrogens (primary N) is 1. The summed E-state index contributed by atoms with van der Waals surface area (Å²) in [5.74, 6) is -2.79. The lowest BCUT2D eigenvalue weighted by Crippen LogP contribution is -2.45. The summed E-state index contributed by atoms with van der Waals surface area (Å²) in [6.45, 7) is 5.91. The highest BCUT2D eigenvalue weighted by Gasteiger charge is 2.35. The van der Waals surface area contributed by atoms with Crippen molar-refractivity contribution in [3.05, 3.63) is 58.9 Å². The van der Waals surface area contributed by atoms with E-state index < -0.39 is 29.4 Å². The van der Waals surface area contributed by atoms with Gasteiger partial charge in [-0.15, -0.1) is 0 Å². The lowest BCUT2D eigenvalue weighted by molar-refractivity contribution is 0.0707. The molecule has 1 aromatic carbocycles. The van der Waals surface area contributed by atoms with Crippen LogP contribution in [-0.2, 0) is 0 Å². The van der Waals surface area contributed by atoms with E-state index >= 15 is 0 Å². The molecule has 2 N–H and O–H groups in total. The zero-order chi connectivity index (χ0) is 27.8. The molecule has 2 aromatic heterocycles. The van der Waals surface area contributed by atoms with Gasteiger partial charge in [0.25, 0.3) is 5.91 Å². The van der Waals surface area contributed by atoms with Crippen LogP contribution < -0.4 is 15.5 Å². The van der Waals surface area contributed by atoms with Crippen LogP contribution in [0.4, 0.5) is 25.1 Å². The summed E-state index contributed by atoms with van der Waals surface area (Å²) in [7, 11) is 1.76. The topological polar surface area (TPSA) is 118 Å². The summed E-state index contributed by atoms with van der Waals surface area (Å²) in [5.41, 5.74) is 6.56. The molecule has 4 heterocycles. The van der Waals surface area contributed by atoms with Gasteiger partial charge >= 0.3 is 6.01 Å². The van der Waals surface area contributed by atoms with E-state index in [4.69, 9.17) is 10.3 Å². The normalized spacial score (nSPS) is 20.2. The summed E-state index contributed by atoms with van der Waals surface area (Å²) in [6.07, 6.45) is 4.40. The molecule has 0 spiro atoms. The molecule has 2 atom stereocenters. The van der Waals surface area contributed by atoms with Gasteiger partial charge in [-0.3, -0.25) is 4.79 Å². The minimum atomic E-state index is -1.24. The van der Waals surface area contributed by atoms with Gasteiger partial charge in [-0.2, -0.15) is 4.98 Å². The first kappa shape index (κ1) is 26.9. The number of aromatic nitrogens is 4. The molecule has 0 bridgehead atoms. The van der Waals surface area contributed by atoms with Gasteiger partial charge in [0.05, 0.1) is 5.56 Å². The van der Waals surface area contributed by atoms with Crippen molar-refractivity contribution in [1.82, 2.24) is 25.0 Å². The Labute approximate surface area is 224 Å². The van der Waals surface area contributed by atoms with Crippen LogP contribution in [-0.4, -0.2) is 76.2 Å². The zero-order valence-electron chi connectivity index (χ0n) is 22.0. The smallest absolute Gasteiger partial charge is 0.324 e. The molecule has 5 rings (SSSR count). The van der Waals surface area contributed by atoms with Crippen LogP contribution in [0.15, 0.2) is 29.0 Å². The number of piperidine rings is 1. The van der Waals surface area contributed by atoms with Gasteiger partial charge in [-0.05, 0) is 24.5 Å². The Hall–Kier alpha value is -3.74. The van der Waals surface area contributed by atoms with Gasteiger partial charge in [0, 0.05) is 75.6 Å². The maximum Gasteiger partial charge on any atom is 0.324 e. The number of halogens is 3. The number of hydrogen-bond donors (Lipinski definition) is 1. The summed E-state index contributed by atoms with van der Waals surface area (Å²) < 4.78 is 46.8. The molecule has 208 valence electrons. The number of amides is 1. The van der Waals surface area contributed by atoms with E-state index in [1.54, 1.807) is 16.8 Å². The summed E-state index contributed by atoms with van der Waals surface area (Å²) >= 11 is 0. The monoisotopic (exact) mass is 544 g/mol. The fourth-order valence-electron chi connectivity index (χ4n) is 5.14. The Kier molecular flexibility index (Phi) is 7.43. The molecule has 0 aliphatic carbocycles. The van der Waals surface area contributed by atoms with Crippen LogP contribution in [0, 0.1) is 17.5 Å². The van der Waals surface area contributed by atoms with Crippen molar-refractivity contribution < 1.29 is 22.5 Å². The van der Waals surface area contributed by atoms with E-state index in [0.29, 0.717) is 49.1 Å². The van der Waals surface area contributed by atoms with Gasteiger partial charge in [0.15, 0.2) is 17.5 Å². The van der Waals surface area contributed by atoms with E-state index in [1.165, 1.54) is 12.4 Å². The molecule has 39 heavy (non-hydrogen) atoms. The van der Waals surface area contributed by atoms with Crippen molar-refractivity contribution in [2.45, 2.75) is 50.6 Å². The molecular formula is C26H31F3N8O2. The van der Waals surface area contributed by atoms with Crippen LogP contribution >= 0.6 is 0 Å². The second-order valence-electron chi connectivity index (χ2n) is 10.5. The van der Waals surface area contributed by atoms with E-state index in [-0.39, 0.29) is 30.0 Å². The van der Waals surface area contributed by atoms with E-state index in [9.17, 15) is 18.0 Å². The molecule has 2 aliphatic rings. The van der Waals surface area contributed by atoms with Gasteiger partial charge in [-0.1, -0.05) is 19.0 Å². The highest BCUT2D eigenvalue weighted by Crippen LogP contribution is 2.31. The Bertz CT molecular complexity index is 1330. The quantitative estimate of drug-likeness (QED) is 0.467. The first-order valence-electron chi connectivity index (χ1n) is 12.9. The van der Waals surface area contributed by atoms with Crippen LogP contribution in [0.5, 0.6) is 0 Å². The third kappa shape index (κ3) is 5.40. The van der Waals surface area contributed by atoms with Crippen molar-refractivity contribution in [3.63, 3.8) is 0 Å². The molecule has 2 saturated heterocycles. The van der Waals surface area contributed by atoms with Gasteiger partial charge < -0.3 is 25.0 Å². The molecule has 3 aromatic rings. The Morgan fingerprint density at radius 1 is 1.05 bits per heavy atom. The number of carbonyl (C=O) groups is 1. The minimum Gasteiger partial charge on any atom is -0.339 e. The molecule has 1 amide bonds. The first-order chi connectivity index (χ1) is 18.6. The van der Waals surface area contributed by atoms with Gasteiger partial charge in [-0.25, -0.2) is 23.1 Å².